The normalized spacial score (nSPS) is 14.8. The van der Waals surface area contributed by atoms with E-state index in [1.165, 1.54) is 0 Å². The number of rotatable bonds is 4. The van der Waals surface area contributed by atoms with Crippen LogP contribution in [0.1, 0.15) is 57.9 Å². The van der Waals surface area contributed by atoms with Crippen LogP contribution in [0.2, 0.25) is 0 Å². The highest BCUT2D eigenvalue weighted by Crippen LogP contribution is 2.39. The van der Waals surface area contributed by atoms with E-state index in [0.29, 0.717) is 23.9 Å². The fourth-order valence-electron chi connectivity index (χ4n) is 2.19. The Balaban J connectivity index is 2.56. The number of esters is 1. The molecular weight excluding hydrogens is 218 g/mol. The van der Waals surface area contributed by atoms with Gasteiger partial charge < -0.3 is 9.30 Å². The van der Waals surface area contributed by atoms with Crippen LogP contribution in [0.25, 0.3) is 0 Å². The summed E-state index contributed by atoms with van der Waals surface area (Å²) >= 11 is 0. The van der Waals surface area contributed by atoms with Gasteiger partial charge in [-0.3, -0.25) is 4.79 Å². The van der Waals surface area contributed by atoms with Gasteiger partial charge in [-0.15, -0.1) is 0 Å². The molecule has 0 aliphatic heterocycles. The molecule has 0 saturated heterocycles. The second kappa shape index (κ2) is 4.35. The number of ether oxygens (including phenoxy) is 1. The van der Waals surface area contributed by atoms with Gasteiger partial charge in [-0.1, -0.05) is 0 Å². The third-order valence-electron chi connectivity index (χ3n) is 3.30. The molecule has 0 amide bonds. The van der Waals surface area contributed by atoms with Crippen LogP contribution in [0.5, 0.6) is 0 Å². The van der Waals surface area contributed by atoms with Crippen molar-refractivity contribution in [2.24, 2.45) is 0 Å². The molecule has 0 radical (unpaired) electrons. The number of carbonyl (C=O) groups excluding carboxylic acids is 2. The Morgan fingerprint density at radius 2 is 2.12 bits per heavy atom. The molecule has 1 saturated carbocycles. The summed E-state index contributed by atoms with van der Waals surface area (Å²) in [5, 5.41) is 0. The maximum Gasteiger partial charge on any atom is 0.355 e. The molecule has 17 heavy (non-hydrogen) atoms. The van der Waals surface area contributed by atoms with Crippen LogP contribution < -0.4 is 0 Å². The standard InChI is InChI=1S/C13H17NO3/c1-4-17-13(16)12-11(7-15)8(2)9(3)14(12)10-5-6-10/h7,10H,4-6H2,1-3H3. The molecule has 0 atom stereocenters. The van der Waals surface area contributed by atoms with Crippen LogP contribution in [-0.2, 0) is 4.74 Å². The average Bonchev–Trinajstić information content (AvgIpc) is 3.09. The Bertz CT molecular complexity index is 469. The molecule has 0 bridgehead atoms. The molecule has 92 valence electrons. The molecule has 4 nitrogen and oxygen atoms in total. The quantitative estimate of drug-likeness (QED) is 0.595. The molecule has 0 N–H and O–H groups in total. The van der Waals surface area contributed by atoms with Crippen molar-refractivity contribution in [2.75, 3.05) is 6.61 Å². The summed E-state index contributed by atoms with van der Waals surface area (Å²) < 4.78 is 7.01. The highest BCUT2D eigenvalue weighted by atomic mass is 16.5. The van der Waals surface area contributed by atoms with Crippen LogP contribution in [0.4, 0.5) is 0 Å². The van der Waals surface area contributed by atoms with Crippen LogP contribution >= 0.6 is 0 Å². The van der Waals surface area contributed by atoms with E-state index in [1.54, 1.807) is 6.92 Å². The number of carbonyl (C=O) groups is 2. The van der Waals surface area contributed by atoms with Gasteiger partial charge in [-0.05, 0) is 39.2 Å². The van der Waals surface area contributed by atoms with Crippen molar-refractivity contribution in [1.29, 1.82) is 0 Å². The van der Waals surface area contributed by atoms with Gasteiger partial charge in [0.1, 0.15) is 5.69 Å². The van der Waals surface area contributed by atoms with Gasteiger partial charge in [0.05, 0.1) is 12.2 Å². The Morgan fingerprint density at radius 1 is 1.47 bits per heavy atom. The lowest BCUT2D eigenvalue weighted by Crippen LogP contribution is -2.14. The lowest BCUT2D eigenvalue weighted by molar-refractivity contribution is 0.0511. The molecule has 1 fully saturated rings. The third-order valence-corrected chi connectivity index (χ3v) is 3.30. The third kappa shape index (κ3) is 1.88. The van der Waals surface area contributed by atoms with Crippen LogP contribution in [0.3, 0.4) is 0 Å². The fraction of sp³-hybridized carbons (Fsp3) is 0.538. The molecular formula is C13H17NO3. The number of hydrogen-bond donors (Lipinski definition) is 0. The summed E-state index contributed by atoms with van der Waals surface area (Å²) in [5.74, 6) is -0.391. The van der Waals surface area contributed by atoms with Crippen LogP contribution in [-0.4, -0.2) is 23.4 Å². The maximum atomic E-state index is 11.9. The van der Waals surface area contributed by atoms with Crippen molar-refractivity contribution in [3.05, 3.63) is 22.5 Å². The average molecular weight is 235 g/mol. The fourth-order valence-corrected chi connectivity index (χ4v) is 2.19. The number of aromatic nitrogens is 1. The smallest absolute Gasteiger partial charge is 0.355 e. The number of nitrogens with zero attached hydrogens (tertiary/aromatic N) is 1. The van der Waals surface area contributed by atoms with Gasteiger partial charge in [-0.25, -0.2) is 4.79 Å². The minimum atomic E-state index is -0.391. The van der Waals surface area contributed by atoms with Gasteiger partial charge in [0, 0.05) is 11.7 Å². The minimum absolute atomic E-state index is 0.324. The summed E-state index contributed by atoms with van der Waals surface area (Å²) in [4.78, 5) is 23.1. The lowest BCUT2D eigenvalue weighted by Gasteiger charge is -2.09. The van der Waals surface area contributed by atoms with Gasteiger partial charge in [0.25, 0.3) is 0 Å². The SMILES string of the molecule is CCOC(=O)c1c(C=O)c(C)c(C)n1C1CC1. The molecule has 0 unspecified atom stereocenters. The van der Waals surface area contributed by atoms with Crippen molar-refractivity contribution in [2.45, 2.75) is 39.7 Å². The first-order valence-corrected chi connectivity index (χ1v) is 5.95. The molecule has 0 spiro atoms. The topological polar surface area (TPSA) is 48.3 Å². The molecule has 1 aromatic rings. The Kier molecular flexibility index (Phi) is 3.05. The monoisotopic (exact) mass is 235 g/mol. The Labute approximate surface area is 101 Å². The summed E-state index contributed by atoms with van der Waals surface area (Å²) in [5.41, 5.74) is 2.79. The molecule has 1 aromatic heterocycles. The Morgan fingerprint density at radius 3 is 2.59 bits per heavy atom. The van der Waals surface area contributed by atoms with Crippen molar-refractivity contribution in [3.63, 3.8) is 0 Å². The van der Waals surface area contributed by atoms with Crippen LogP contribution in [0, 0.1) is 13.8 Å². The molecule has 0 aromatic carbocycles. The van der Waals surface area contributed by atoms with E-state index in [4.69, 9.17) is 4.74 Å². The second-order valence-electron chi connectivity index (χ2n) is 4.41. The summed E-state index contributed by atoms with van der Waals surface area (Å²) in [6.45, 7) is 5.91. The predicted octanol–water partition coefficient (Wildman–Crippen LogP) is 2.43. The summed E-state index contributed by atoms with van der Waals surface area (Å²) in [7, 11) is 0. The minimum Gasteiger partial charge on any atom is -0.461 e. The van der Waals surface area contributed by atoms with E-state index in [0.717, 1.165) is 30.4 Å². The number of aldehydes is 1. The van der Waals surface area contributed by atoms with E-state index >= 15 is 0 Å². The highest BCUT2D eigenvalue weighted by molar-refractivity contribution is 5.98. The van der Waals surface area contributed by atoms with E-state index in [-0.39, 0.29) is 0 Å². The van der Waals surface area contributed by atoms with E-state index in [9.17, 15) is 9.59 Å². The molecule has 1 heterocycles. The van der Waals surface area contributed by atoms with Crippen molar-refractivity contribution in [1.82, 2.24) is 4.57 Å². The van der Waals surface area contributed by atoms with Crippen LogP contribution in [0.15, 0.2) is 0 Å². The summed E-state index contributed by atoms with van der Waals surface area (Å²) in [6, 6.07) is 0.363. The van der Waals surface area contributed by atoms with Crippen molar-refractivity contribution < 1.29 is 14.3 Å². The molecule has 2 rings (SSSR count). The first-order chi connectivity index (χ1) is 8.11. The van der Waals surface area contributed by atoms with E-state index in [2.05, 4.69) is 0 Å². The first kappa shape index (κ1) is 11.9. The van der Waals surface area contributed by atoms with Gasteiger partial charge in [0.2, 0.25) is 0 Å². The lowest BCUT2D eigenvalue weighted by atomic mass is 10.1. The Hall–Kier alpha value is -1.58. The zero-order valence-corrected chi connectivity index (χ0v) is 10.4. The van der Waals surface area contributed by atoms with E-state index in [1.807, 2.05) is 18.4 Å². The van der Waals surface area contributed by atoms with E-state index < -0.39 is 5.97 Å². The molecule has 1 aliphatic rings. The summed E-state index contributed by atoms with van der Waals surface area (Å²) in [6.07, 6.45) is 2.90. The molecule has 1 aliphatic carbocycles. The first-order valence-electron chi connectivity index (χ1n) is 5.95. The number of hydrogen-bond acceptors (Lipinski definition) is 3. The van der Waals surface area contributed by atoms with Crippen molar-refractivity contribution in [3.8, 4) is 0 Å². The zero-order chi connectivity index (χ0) is 12.6. The second-order valence-corrected chi connectivity index (χ2v) is 4.41. The maximum absolute atomic E-state index is 11.9. The zero-order valence-electron chi connectivity index (χ0n) is 10.4. The largest absolute Gasteiger partial charge is 0.461 e. The van der Waals surface area contributed by atoms with Gasteiger partial charge in [0.15, 0.2) is 6.29 Å². The van der Waals surface area contributed by atoms with Gasteiger partial charge in [-0.2, -0.15) is 0 Å². The molecule has 4 heteroatoms. The van der Waals surface area contributed by atoms with Crippen molar-refractivity contribution >= 4 is 12.3 Å². The van der Waals surface area contributed by atoms with Gasteiger partial charge >= 0.3 is 5.97 Å². The predicted molar refractivity (Wildman–Crippen MR) is 63.5 cm³/mol. The highest BCUT2D eigenvalue weighted by Gasteiger charge is 2.33.